The lowest BCUT2D eigenvalue weighted by atomic mass is 9.97. The maximum Gasteiger partial charge on any atom is 0.236 e. The van der Waals surface area contributed by atoms with Crippen LogP contribution in [0.5, 0.6) is 0 Å². The molecule has 1 saturated heterocycles. The molecule has 0 N–H and O–H groups in total. The maximum atomic E-state index is 10.3. The predicted molar refractivity (Wildman–Crippen MR) is 52.2 cm³/mol. The fourth-order valence-corrected chi connectivity index (χ4v) is 2.01. The van der Waals surface area contributed by atoms with Gasteiger partial charge in [-0.15, -0.1) is 0 Å². The van der Waals surface area contributed by atoms with Crippen LogP contribution in [0.3, 0.4) is 0 Å². The van der Waals surface area contributed by atoms with Gasteiger partial charge in [-0.05, 0) is 32.6 Å². The van der Waals surface area contributed by atoms with Crippen molar-refractivity contribution in [3.63, 3.8) is 0 Å². The van der Waals surface area contributed by atoms with Crippen LogP contribution in [0.15, 0.2) is 4.99 Å². The Balaban J connectivity index is 2.70. The van der Waals surface area contributed by atoms with Gasteiger partial charge in [-0.1, -0.05) is 6.92 Å². The van der Waals surface area contributed by atoms with Crippen molar-refractivity contribution in [1.82, 2.24) is 4.90 Å². The molecule has 74 valence electrons. The van der Waals surface area contributed by atoms with E-state index in [-0.39, 0.29) is 5.66 Å². The van der Waals surface area contributed by atoms with Gasteiger partial charge in [0.05, 0.1) is 0 Å². The molecule has 3 heteroatoms. The molecule has 1 rings (SSSR count). The van der Waals surface area contributed by atoms with Crippen molar-refractivity contribution in [3.8, 4) is 0 Å². The molecule has 3 nitrogen and oxygen atoms in total. The summed E-state index contributed by atoms with van der Waals surface area (Å²) < 4.78 is 0. The number of isocyanates is 1. The molecule has 0 amide bonds. The Labute approximate surface area is 79.8 Å². The summed E-state index contributed by atoms with van der Waals surface area (Å²) in [7, 11) is 0. The normalized spacial score (nSPS) is 29.7. The van der Waals surface area contributed by atoms with Crippen molar-refractivity contribution < 1.29 is 4.79 Å². The first-order chi connectivity index (χ1) is 6.23. The van der Waals surface area contributed by atoms with Gasteiger partial charge in [-0.2, -0.15) is 4.99 Å². The number of piperidine rings is 1. The Kier molecular flexibility index (Phi) is 3.64. The number of carbonyl (C=O) groups excluding carboxylic acids is 1. The van der Waals surface area contributed by atoms with E-state index >= 15 is 0 Å². The summed E-state index contributed by atoms with van der Waals surface area (Å²) in [5.74, 6) is 0. The fourth-order valence-electron chi connectivity index (χ4n) is 2.01. The second kappa shape index (κ2) is 4.54. The van der Waals surface area contributed by atoms with Crippen molar-refractivity contribution in [2.45, 2.75) is 45.2 Å². The maximum absolute atomic E-state index is 10.3. The first-order valence-corrected chi connectivity index (χ1v) is 5.07. The molecule has 0 aromatic heterocycles. The summed E-state index contributed by atoms with van der Waals surface area (Å²) in [5, 5.41) is 0. The zero-order valence-electron chi connectivity index (χ0n) is 8.55. The first kappa shape index (κ1) is 10.4. The summed E-state index contributed by atoms with van der Waals surface area (Å²) in [5.41, 5.74) is -0.268. The third kappa shape index (κ3) is 2.39. The molecule has 0 aromatic carbocycles. The van der Waals surface area contributed by atoms with Crippen LogP contribution >= 0.6 is 0 Å². The Morgan fingerprint density at radius 2 is 2.31 bits per heavy atom. The number of hydrogen-bond donors (Lipinski definition) is 0. The molecule has 1 unspecified atom stereocenters. The SMILES string of the molecule is CCCN1CCCCC1(C)N=C=O. The molecule has 1 fully saturated rings. The van der Waals surface area contributed by atoms with Crippen molar-refractivity contribution in [3.05, 3.63) is 0 Å². The van der Waals surface area contributed by atoms with Crippen LogP contribution in [0.4, 0.5) is 0 Å². The van der Waals surface area contributed by atoms with Crippen LogP contribution in [-0.4, -0.2) is 29.7 Å². The molecule has 1 heterocycles. The minimum Gasteiger partial charge on any atom is -0.279 e. The van der Waals surface area contributed by atoms with Gasteiger partial charge in [0.1, 0.15) is 5.66 Å². The van der Waals surface area contributed by atoms with E-state index in [0.29, 0.717) is 0 Å². The van der Waals surface area contributed by atoms with Gasteiger partial charge in [-0.3, -0.25) is 4.90 Å². The van der Waals surface area contributed by atoms with Crippen LogP contribution in [0.1, 0.15) is 39.5 Å². The third-order valence-corrected chi connectivity index (χ3v) is 2.79. The molecule has 0 aliphatic carbocycles. The van der Waals surface area contributed by atoms with E-state index in [9.17, 15) is 4.79 Å². The first-order valence-electron chi connectivity index (χ1n) is 5.07. The van der Waals surface area contributed by atoms with E-state index < -0.39 is 0 Å². The Bertz CT molecular complexity index is 209. The van der Waals surface area contributed by atoms with Crippen LogP contribution < -0.4 is 0 Å². The lowest BCUT2D eigenvalue weighted by Gasteiger charge is -2.40. The van der Waals surface area contributed by atoms with E-state index in [1.54, 1.807) is 6.08 Å². The van der Waals surface area contributed by atoms with E-state index in [1.165, 1.54) is 12.8 Å². The highest BCUT2D eigenvalue weighted by molar-refractivity contribution is 5.34. The second-order valence-electron chi connectivity index (χ2n) is 3.86. The fraction of sp³-hybridized carbons (Fsp3) is 0.900. The lowest BCUT2D eigenvalue weighted by Crippen LogP contribution is -2.48. The highest BCUT2D eigenvalue weighted by Gasteiger charge is 2.33. The summed E-state index contributed by atoms with van der Waals surface area (Å²) >= 11 is 0. The highest BCUT2D eigenvalue weighted by atomic mass is 16.1. The van der Waals surface area contributed by atoms with Crippen molar-refractivity contribution in [2.75, 3.05) is 13.1 Å². The molecule has 0 aromatic rings. The predicted octanol–water partition coefficient (Wildman–Crippen LogP) is 1.93. The smallest absolute Gasteiger partial charge is 0.236 e. The van der Waals surface area contributed by atoms with Crippen molar-refractivity contribution >= 4 is 6.08 Å². The van der Waals surface area contributed by atoms with Gasteiger partial charge in [0.15, 0.2) is 0 Å². The largest absolute Gasteiger partial charge is 0.279 e. The van der Waals surface area contributed by atoms with Gasteiger partial charge < -0.3 is 0 Å². The standard InChI is InChI=1S/C10H18N2O/c1-3-7-12-8-5-4-6-10(12,2)11-9-13/h3-8H2,1-2H3. The Morgan fingerprint density at radius 1 is 1.54 bits per heavy atom. The second-order valence-corrected chi connectivity index (χ2v) is 3.86. The average Bonchev–Trinajstić information content (AvgIpc) is 2.10. The van der Waals surface area contributed by atoms with Gasteiger partial charge in [0.25, 0.3) is 0 Å². The number of nitrogens with zero attached hydrogens (tertiary/aromatic N) is 2. The summed E-state index contributed by atoms with van der Waals surface area (Å²) in [6, 6.07) is 0. The summed E-state index contributed by atoms with van der Waals surface area (Å²) in [4.78, 5) is 16.5. The van der Waals surface area contributed by atoms with Gasteiger partial charge in [0, 0.05) is 13.1 Å². The molecular weight excluding hydrogens is 164 g/mol. The van der Waals surface area contributed by atoms with Crippen LogP contribution in [0.2, 0.25) is 0 Å². The lowest BCUT2D eigenvalue weighted by molar-refractivity contribution is 0.0691. The topological polar surface area (TPSA) is 32.7 Å². The quantitative estimate of drug-likeness (QED) is 0.493. The summed E-state index contributed by atoms with van der Waals surface area (Å²) in [6.45, 7) is 6.28. The zero-order valence-corrected chi connectivity index (χ0v) is 8.55. The molecule has 1 aliphatic heterocycles. The Hall–Kier alpha value is -0.660. The molecule has 1 aliphatic rings. The van der Waals surface area contributed by atoms with Crippen molar-refractivity contribution in [2.24, 2.45) is 4.99 Å². The molecular formula is C10H18N2O. The molecule has 0 bridgehead atoms. The summed E-state index contributed by atoms with van der Waals surface area (Å²) in [6.07, 6.45) is 6.20. The Morgan fingerprint density at radius 3 is 2.92 bits per heavy atom. The highest BCUT2D eigenvalue weighted by Crippen LogP contribution is 2.28. The number of rotatable bonds is 3. The molecule has 0 radical (unpaired) electrons. The van der Waals surface area contributed by atoms with Crippen molar-refractivity contribution in [1.29, 1.82) is 0 Å². The van der Waals surface area contributed by atoms with Gasteiger partial charge >= 0.3 is 0 Å². The molecule has 0 saturated carbocycles. The zero-order chi connectivity index (χ0) is 9.73. The van der Waals surface area contributed by atoms with E-state index in [4.69, 9.17) is 0 Å². The van der Waals surface area contributed by atoms with E-state index in [0.717, 1.165) is 25.9 Å². The third-order valence-electron chi connectivity index (χ3n) is 2.79. The van der Waals surface area contributed by atoms with Crippen LogP contribution in [0.25, 0.3) is 0 Å². The molecule has 13 heavy (non-hydrogen) atoms. The number of aliphatic imine (C=N–C) groups is 1. The van der Waals surface area contributed by atoms with E-state index in [2.05, 4.69) is 16.8 Å². The van der Waals surface area contributed by atoms with Gasteiger partial charge in [0.2, 0.25) is 6.08 Å². The minimum atomic E-state index is -0.268. The number of likely N-dealkylation sites (tertiary alicyclic amines) is 1. The van der Waals surface area contributed by atoms with Crippen LogP contribution in [0, 0.1) is 0 Å². The minimum absolute atomic E-state index is 0.268. The average molecular weight is 182 g/mol. The van der Waals surface area contributed by atoms with Crippen LogP contribution in [-0.2, 0) is 4.79 Å². The molecule has 0 spiro atoms. The monoisotopic (exact) mass is 182 g/mol. The number of hydrogen-bond acceptors (Lipinski definition) is 3. The van der Waals surface area contributed by atoms with E-state index in [1.807, 2.05) is 6.92 Å². The van der Waals surface area contributed by atoms with Gasteiger partial charge in [-0.25, -0.2) is 4.79 Å². The molecule has 1 atom stereocenters.